The van der Waals surface area contributed by atoms with Gasteiger partial charge in [0.25, 0.3) is 0 Å². The van der Waals surface area contributed by atoms with E-state index < -0.39 is 0 Å². The molecule has 0 aromatic heterocycles. The first-order valence-corrected chi connectivity index (χ1v) is 7.58. The number of rotatable bonds is 9. The van der Waals surface area contributed by atoms with Gasteiger partial charge in [0.1, 0.15) is 5.75 Å². The van der Waals surface area contributed by atoms with Gasteiger partial charge in [0.05, 0.1) is 6.61 Å². The first kappa shape index (κ1) is 16.0. The molecule has 0 aliphatic rings. The highest BCUT2D eigenvalue weighted by molar-refractivity contribution is 5.35. The lowest BCUT2D eigenvalue weighted by atomic mass is 9.98. The Kier molecular flexibility index (Phi) is 7.57. The zero-order valence-electron chi connectivity index (χ0n) is 12.9. The molecule has 0 radical (unpaired) electrons. The van der Waals surface area contributed by atoms with Crippen molar-refractivity contribution >= 4 is 0 Å². The third kappa shape index (κ3) is 5.65. The van der Waals surface area contributed by atoms with Crippen LogP contribution in [0.2, 0.25) is 0 Å². The van der Waals surface area contributed by atoms with Crippen LogP contribution in [-0.4, -0.2) is 19.7 Å². The minimum atomic E-state index is 0.570. The molecule has 0 aliphatic heterocycles. The maximum absolute atomic E-state index is 5.96. The maximum Gasteiger partial charge on any atom is 0.122 e. The Bertz CT molecular complexity index is 351. The molecule has 108 valence electrons. The average Bonchev–Trinajstić information content (AvgIpc) is 2.46. The van der Waals surface area contributed by atoms with Gasteiger partial charge < -0.3 is 10.1 Å². The van der Waals surface area contributed by atoms with Gasteiger partial charge in [0, 0.05) is 6.04 Å². The number of nitrogens with one attached hydrogen (secondary N) is 1. The molecule has 0 saturated heterocycles. The zero-order chi connectivity index (χ0) is 14.1. The van der Waals surface area contributed by atoms with Crippen LogP contribution in [0.15, 0.2) is 24.3 Å². The summed E-state index contributed by atoms with van der Waals surface area (Å²) in [5, 5.41) is 3.26. The maximum atomic E-state index is 5.96. The number of para-hydroxylation sites is 1. The van der Waals surface area contributed by atoms with E-state index in [4.69, 9.17) is 4.74 Å². The summed E-state index contributed by atoms with van der Waals surface area (Å²) in [6.45, 7) is 7.53. The van der Waals surface area contributed by atoms with E-state index in [9.17, 15) is 0 Å². The first-order chi connectivity index (χ1) is 9.19. The Morgan fingerprint density at radius 2 is 1.89 bits per heavy atom. The smallest absolute Gasteiger partial charge is 0.122 e. The monoisotopic (exact) mass is 263 g/mol. The highest BCUT2D eigenvalue weighted by Gasteiger charge is 2.09. The molecule has 0 aliphatic carbocycles. The topological polar surface area (TPSA) is 21.3 Å². The number of benzene rings is 1. The van der Waals surface area contributed by atoms with Crippen LogP contribution in [-0.2, 0) is 0 Å². The van der Waals surface area contributed by atoms with Gasteiger partial charge in [-0.15, -0.1) is 0 Å². The predicted octanol–water partition coefficient (Wildman–Crippen LogP) is 4.36. The van der Waals surface area contributed by atoms with Crippen molar-refractivity contribution in [3.05, 3.63) is 29.8 Å². The molecule has 2 unspecified atom stereocenters. The quantitative estimate of drug-likeness (QED) is 0.668. The van der Waals surface area contributed by atoms with Crippen molar-refractivity contribution in [3.8, 4) is 5.75 Å². The van der Waals surface area contributed by atoms with Gasteiger partial charge in [-0.05, 0) is 57.2 Å². The first-order valence-electron chi connectivity index (χ1n) is 7.58. The number of ether oxygens (including phenoxy) is 1. The van der Waals surface area contributed by atoms with Crippen molar-refractivity contribution in [3.63, 3.8) is 0 Å². The van der Waals surface area contributed by atoms with Gasteiger partial charge in [-0.25, -0.2) is 0 Å². The molecule has 0 bridgehead atoms. The van der Waals surface area contributed by atoms with Crippen molar-refractivity contribution in [1.29, 1.82) is 0 Å². The van der Waals surface area contributed by atoms with Gasteiger partial charge in [-0.1, -0.05) is 32.0 Å². The van der Waals surface area contributed by atoms with E-state index >= 15 is 0 Å². The molecule has 2 nitrogen and oxygen atoms in total. The molecule has 2 heteroatoms. The molecule has 2 atom stereocenters. The normalized spacial score (nSPS) is 14.1. The summed E-state index contributed by atoms with van der Waals surface area (Å²) >= 11 is 0. The second kappa shape index (κ2) is 8.98. The number of hydrogen-bond donors (Lipinski definition) is 1. The Balaban J connectivity index is 2.37. The van der Waals surface area contributed by atoms with Crippen LogP contribution in [0.3, 0.4) is 0 Å². The standard InChI is InChI=1S/C17H29NO/c1-5-14(2)16-11-6-7-12-17(16)19-13-9-8-10-15(3)18-4/h6-7,11-12,14-15,18H,5,8-10,13H2,1-4H3. The highest BCUT2D eigenvalue weighted by atomic mass is 16.5. The molecule has 0 spiro atoms. The third-order valence-electron chi connectivity index (χ3n) is 3.84. The molecule has 1 N–H and O–H groups in total. The average molecular weight is 263 g/mol. The molecule has 1 aromatic carbocycles. The third-order valence-corrected chi connectivity index (χ3v) is 3.84. The molecule has 0 heterocycles. The van der Waals surface area contributed by atoms with E-state index in [2.05, 4.69) is 50.4 Å². The van der Waals surface area contributed by atoms with Crippen molar-refractivity contribution in [2.75, 3.05) is 13.7 Å². The van der Waals surface area contributed by atoms with Crippen LogP contribution in [0.25, 0.3) is 0 Å². The summed E-state index contributed by atoms with van der Waals surface area (Å²) in [5.74, 6) is 1.64. The SMILES string of the molecule is CCC(C)c1ccccc1OCCCCC(C)NC. The lowest BCUT2D eigenvalue weighted by molar-refractivity contribution is 0.298. The lowest BCUT2D eigenvalue weighted by Crippen LogP contribution is -2.20. The summed E-state index contributed by atoms with van der Waals surface area (Å²) in [6, 6.07) is 9.05. The Morgan fingerprint density at radius 1 is 1.16 bits per heavy atom. The van der Waals surface area contributed by atoms with Gasteiger partial charge in [0.15, 0.2) is 0 Å². The highest BCUT2D eigenvalue weighted by Crippen LogP contribution is 2.28. The zero-order valence-corrected chi connectivity index (χ0v) is 12.9. The predicted molar refractivity (Wildman–Crippen MR) is 83.0 cm³/mol. The Labute approximate surface area is 118 Å². The molecule has 0 fully saturated rings. The minimum absolute atomic E-state index is 0.570. The Morgan fingerprint density at radius 3 is 2.58 bits per heavy atom. The summed E-state index contributed by atoms with van der Waals surface area (Å²) in [7, 11) is 2.02. The van der Waals surface area contributed by atoms with Crippen molar-refractivity contribution < 1.29 is 4.74 Å². The summed E-state index contributed by atoms with van der Waals surface area (Å²) in [4.78, 5) is 0. The van der Waals surface area contributed by atoms with Gasteiger partial charge >= 0.3 is 0 Å². The molecular formula is C17H29NO. The van der Waals surface area contributed by atoms with Crippen molar-refractivity contribution in [1.82, 2.24) is 5.32 Å². The van der Waals surface area contributed by atoms with Crippen LogP contribution < -0.4 is 10.1 Å². The second-order valence-corrected chi connectivity index (χ2v) is 5.38. The van der Waals surface area contributed by atoms with E-state index in [1.807, 2.05) is 7.05 Å². The van der Waals surface area contributed by atoms with Gasteiger partial charge in [-0.3, -0.25) is 0 Å². The Hall–Kier alpha value is -1.02. The van der Waals surface area contributed by atoms with E-state index in [1.165, 1.54) is 18.4 Å². The molecule has 0 amide bonds. The minimum Gasteiger partial charge on any atom is -0.493 e. The van der Waals surface area contributed by atoms with Crippen molar-refractivity contribution in [2.45, 2.75) is 58.4 Å². The molecule has 19 heavy (non-hydrogen) atoms. The van der Waals surface area contributed by atoms with Crippen LogP contribution in [0.5, 0.6) is 5.75 Å². The molecule has 0 saturated carbocycles. The van der Waals surface area contributed by atoms with Gasteiger partial charge in [-0.2, -0.15) is 0 Å². The second-order valence-electron chi connectivity index (χ2n) is 5.38. The molecule has 1 aromatic rings. The summed E-state index contributed by atoms with van der Waals surface area (Å²) in [6.07, 6.45) is 4.71. The van der Waals surface area contributed by atoms with Crippen molar-refractivity contribution in [2.24, 2.45) is 0 Å². The van der Waals surface area contributed by atoms with Crippen LogP contribution >= 0.6 is 0 Å². The van der Waals surface area contributed by atoms with Crippen LogP contribution in [0, 0.1) is 0 Å². The fourth-order valence-electron chi connectivity index (χ4n) is 2.12. The summed E-state index contributed by atoms with van der Waals surface area (Å²) < 4.78 is 5.96. The summed E-state index contributed by atoms with van der Waals surface area (Å²) in [5.41, 5.74) is 1.34. The molecule has 1 rings (SSSR count). The number of unbranched alkanes of at least 4 members (excludes halogenated alkanes) is 1. The number of hydrogen-bond acceptors (Lipinski definition) is 2. The van der Waals surface area contributed by atoms with E-state index in [0.29, 0.717) is 12.0 Å². The van der Waals surface area contributed by atoms with Crippen LogP contribution in [0.1, 0.15) is 57.9 Å². The largest absolute Gasteiger partial charge is 0.493 e. The fraction of sp³-hybridized carbons (Fsp3) is 0.647. The van der Waals surface area contributed by atoms with Crippen LogP contribution in [0.4, 0.5) is 0 Å². The molecular weight excluding hydrogens is 234 g/mol. The van der Waals surface area contributed by atoms with Gasteiger partial charge in [0.2, 0.25) is 0 Å². The van der Waals surface area contributed by atoms with E-state index in [1.54, 1.807) is 0 Å². The van der Waals surface area contributed by atoms with E-state index in [0.717, 1.165) is 25.2 Å². The fourth-order valence-corrected chi connectivity index (χ4v) is 2.12. The lowest BCUT2D eigenvalue weighted by Gasteiger charge is -2.16. The van der Waals surface area contributed by atoms with E-state index in [-0.39, 0.29) is 0 Å².